The molecule has 36 heavy (non-hydrogen) atoms. The maximum absolute atomic E-state index is 13.9. The topological polar surface area (TPSA) is 96.7 Å². The molecule has 0 bridgehead atoms. The van der Waals surface area contributed by atoms with Crippen LogP contribution in [0.25, 0.3) is 11.3 Å². The smallest absolute Gasteiger partial charge is 0.477 e. The quantitative estimate of drug-likeness (QED) is 0.255. The largest absolute Gasteiger partial charge is 0.534 e. The second kappa shape index (κ2) is 11.2. The van der Waals surface area contributed by atoms with E-state index in [-0.39, 0.29) is 18.0 Å². The zero-order chi connectivity index (χ0) is 26.5. The van der Waals surface area contributed by atoms with Crippen molar-refractivity contribution in [1.29, 1.82) is 0 Å². The molecule has 1 aromatic heterocycles. The third-order valence-electron chi connectivity index (χ3n) is 6.13. The number of aliphatic carboxylic acids is 1. The lowest BCUT2D eigenvalue weighted by Crippen LogP contribution is -2.55. The number of carboxylic acids is 1. The van der Waals surface area contributed by atoms with Gasteiger partial charge in [0.25, 0.3) is 0 Å². The lowest BCUT2D eigenvalue weighted by Gasteiger charge is -2.35. The van der Waals surface area contributed by atoms with Crippen LogP contribution in [0.15, 0.2) is 78.9 Å². The Labute approximate surface area is 211 Å². The van der Waals surface area contributed by atoms with Gasteiger partial charge >= 0.3 is 19.2 Å². The Balaban J connectivity index is 2.36. The summed E-state index contributed by atoms with van der Waals surface area (Å²) in [6, 6.07) is 18.1. The molecule has 3 rings (SSSR count). The number of aryl methyl sites for hydroxylation is 1. The average molecular weight is 511 g/mol. The Morgan fingerprint density at radius 2 is 1.83 bits per heavy atom. The maximum Gasteiger partial charge on any atom is 0.534 e. The van der Waals surface area contributed by atoms with Gasteiger partial charge in [0.1, 0.15) is 5.82 Å². The molecular formula is C28H30FNO5P+. The lowest BCUT2D eigenvalue weighted by molar-refractivity contribution is -0.147. The van der Waals surface area contributed by atoms with E-state index in [2.05, 4.69) is 4.98 Å². The minimum absolute atomic E-state index is 0.00350. The molecule has 0 radical (unpaired) electrons. The third-order valence-corrected chi connectivity index (χ3v) is 7.74. The fourth-order valence-electron chi connectivity index (χ4n) is 4.14. The van der Waals surface area contributed by atoms with Gasteiger partial charge in [-0.1, -0.05) is 62.4 Å². The molecule has 3 atom stereocenters. The van der Waals surface area contributed by atoms with Crippen molar-refractivity contribution in [2.45, 2.75) is 37.9 Å². The number of hydrogen-bond donors (Lipinski definition) is 2. The molecule has 6 nitrogen and oxygen atoms in total. The summed E-state index contributed by atoms with van der Waals surface area (Å²) in [6.07, 6.45) is 2.52. The number of allylic oxidation sites excluding steroid dienone is 1. The number of halogens is 1. The van der Waals surface area contributed by atoms with Crippen LogP contribution in [-0.2, 0) is 25.9 Å². The number of carboxylic acid groups (broad SMARTS) is 1. The van der Waals surface area contributed by atoms with Crippen molar-refractivity contribution in [3.05, 3.63) is 102 Å². The van der Waals surface area contributed by atoms with Gasteiger partial charge in [-0.15, -0.1) is 4.52 Å². The van der Waals surface area contributed by atoms with Crippen LogP contribution in [0.2, 0.25) is 0 Å². The summed E-state index contributed by atoms with van der Waals surface area (Å²) in [6.45, 7) is 5.33. The van der Waals surface area contributed by atoms with Gasteiger partial charge in [0.2, 0.25) is 0 Å². The highest BCUT2D eigenvalue weighted by molar-refractivity contribution is 7.43. The minimum atomic E-state index is -2.98. The van der Waals surface area contributed by atoms with Gasteiger partial charge < -0.3 is 10.2 Å². The van der Waals surface area contributed by atoms with E-state index in [1.165, 1.54) is 30.3 Å². The highest BCUT2D eigenvalue weighted by Gasteiger charge is 2.71. The Kier molecular flexibility index (Phi) is 8.51. The van der Waals surface area contributed by atoms with Gasteiger partial charge in [0.05, 0.1) is 18.5 Å². The van der Waals surface area contributed by atoms with E-state index in [0.717, 1.165) is 12.7 Å². The first kappa shape index (κ1) is 27.3. The molecule has 0 aliphatic rings. The molecule has 0 spiro atoms. The van der Waals surface area contributed by atoms with Crippen molar-refractivity contribution < 1.29 is 28.5 Å². The van der Waals surface area contributed by atoms with Crippen LogP contribution >= 0.6 is 8.03 Å². The van der Waals surface area contributed by atoms with Crippen molar-refractivity contribution in [3.63, 3.8) is 0 Å². The lowest BCUT2D eigenvalue weighted by atomic mass is 9.77. The second-order valence-corrected chi connectivity index (χ2v) is 10.6. The van der Waals surface area contributed by atoms with E-state index in [0.29, 0.717) is 16.8 Å². The third kappa shape index (κ3) is 5.29. The Morgan fingerprint density at radius 1 is 1.14 bits per heavy atom. The van der Waals surface area contributed by atoms with Crippen LogP contribution in [0.3, 0.4) is 0 Å². The molecule has 3 aromatic rings. The maximum atomic E-state index is 13.9. The summed E-state index contributed by atoms with van der Waals surface area (Å²) < 4.78 is 32.4. The van der Waals surface area contributed by atoms with Crippen molar-refractivity contribution in [1.82, 2.24) is 4.98 Å². The summed E-state index contributed by atoms with van der Waals surface area (Å²) in [5, 5.41) is 20.6. The predicted octanol–water partition coefficient (Wildman–Crippen LogP) is 6.05. The summed E-state index contributed by atoms with van der Waals surface area (Å²) in [7, 11) is -1.85. The summed E-state index contributed by atoms with van der Waals surface area (Å²) in [5.41, 5.74) is -0.0807. The zero-order valence-corrected chi connectivity index (χ0v) is 21.6. The fourth-order valence-corrected chi connectivity index (χ4v) is 5.29. The minimum Gasteiger partial charge on any atom is -0.477 e. The molecule has 1 heterocycles. The van der Waals surface area contributed by atoms with Crippen LogP contribution in [0, 0.1) is 18.7 Å². The van der Waals surface area contributed by atoms with Gasteiger partial charge in [0.15, 0.2) is 5.60 Å². The Morgan fingerprint density at radius 3 is 2.42 bits per heavy atom. The van der Waals surface area contributed by atoms with E-state index in [1.54, 1.807) is 25.1 Å². The number of nitrogens with zero attached hydrogens (tertiary/aromatic N) is 1. The molecule has 8 heteroatoms. The van der Waals surface area contributed by atoms with Crippen LogP contribution < -0.4 is 0 Å². The number of rotatable bonds is 10. The summed E-state index contributed by atoms with van der Waals surface area (Å²) in [4.78, 5) is 17.6. The second-order valence-electron chi connectivity index (χ2n) is 9.00. The van der Waals surface area contributed by atoms with E-state index in [1.807, 2.05) is 44.2 Å². The number of aliphatic hydroxyl groups is 1. The van der Waals surface area contributed by atoms with Crippen LogP contribution in [0.5, 0.6) is 0 Å². The number of pyridine rings is 1. The van der Waals surface area contributed by atoms with E-state index in [9.17, 15) is 24.0 Å². The predicted molar refractivity (Wildman–Crippen MR) is 137 cm³/mol. The molecule has 0 amide bonds. The van der Waals surface area contributed by atoms with Gasteiger partial charge in [-0.25, -0.2) is 14.2 Å². The monoisotopic (exact) mass is 510 g/mol. The van der Waals surface area contributed by atoms with Gasteiger partial charge in [-0.3, -0.25) is 0 Å². The number of aromatic nitrogens is 1. The van der Waals surface area contributed by atoms with E-state index < -0.39 is 30.6 Å². The van der Waals surface area contributed by atoms with E-state index in [4.69, 9.17) is 4.52 Å². The summed E-state index contributed by atoms with van der Waals surface area (Å²) >= 11 is 0. The molecular weight excluding hydrogens is 480 g/mol. The fraction of sp³-hybridized carbons (Fsp3) is 0.286. The highest BCUT2D eigenvalue weighted by Crippen LogP contribution is 2.54. The molecule has 0 fully saturated rings. The standard InChI is InChI=1S/C28H29FNO5P/c1-19(2)15-16-28(26(31)32,36(34)35-4)27(33,18-22-13-14-23(29)17-20(22)3)25-12-8-11-24(30-25)21-9-6-5-7-10-21/h5-17,19,33H,18H2,1-4H3/p+1. The molecule has 188 valence electrons. The summed E-state index contributed by atoms with van der Waals surface area (Å²) in [5.74, 6) is -2.10. The molecule has 3 unspecified atom stereocenters. The Hall–Kier alpha value is -3.25. The molecule has 2 N–H and O–H groups in total. The number of hydrogen-bond acceptors (Lipinski definition) is 5. The number of carbonyl (C=O) groups is 1. The van der Waals surface area contributed by atoms with Crippen LogP contribution in [0.4, 0.5) is 4.39 Å². The van der Waals surface area contributed by atoms with Gasteiger partial charge in [0, 0.05) is 12.0 Å². The molecule has 0 saturated carbocycles. The molecule has 0 saturated heterocycles. The normalized spacial score (nSPS) is 15.5. The van der Waals surface area contributed by atoms with E-state index >= 15 is 0 Å². The Bertz CT molecular complexity index is 1280. The SMILES string of the molecule is CO[P+](=O)C(C=CC(C)C)(C(=O)O)C(O)(Cc1ccc(F)cc1C)c1cccc(-c2ccccc2)n1. The molecule has 2 aromatic carbocycles. The first-order chi connectivity index (χ1) is 17.0. The highest BCUT2D eigenvalue weighted by atomic mass is 31.1. The van der Waals surface area contributed by atoms with Crippen LogP contribution in [0.1, 0.15) is 30.7 Å². The molecule has 0 aliphatic carbocycles. The van der Waals surface area contributed by atoms with Crippen molar-refractivity contribution in [2.75, 3.05) is 7.11 Å². The first-order valence-electron chi connectivity index (χ1n) is 11.5. The van der Waals surface area contributed by atoms with Crippen molar-refractivity contribution in [2.24, 2.45) is 5.92 Å². The van der Waals surface area contributed by atoms with Gasteiger partial charge in [-0.2, -0.15) is 0 Å². The molecule has 0 aliphatic heterocycles. The first-order valence-corrected chi connectivity index (χ1v) is 12.7. The zero-order valence-electron chi connectivity index (χ0n) is 20.7. The average Bonchev–Trinajstić information content (AvgIpc) is 2.86. The van der Waals surface area contributed by atoms with Crippen molar-refractivity contribution >= 4 is 14.0 Å². The number of benzene rings is 2. The van der Waals surface area contributed by atoms with Crippen LogP contribution in [-0.4, -0.2) is 33.4 Å². The van der Waals surface area contributed by atoms with Gasteiger partial charge in [-0.05, 0) is 58.9 Å². The van der Waals surface area contributed by atoms with Crippen molar-refractivity contribution in [3.8, 4) is 11.3 Å².